The van der Waals surface area contributed by atoms with E-state index in [-0.39, 0.29) is 31.1 Å². The van der Waals surface area contributed by atoms with Crippen LogP contribution in [0.4, 0.5) is 11.5 Å². The fourth-order valence-corrected chi connectivity index (χ4v) is 4.14. The Bertz CT molecular complexity index is 1100. The Morgan fingerprint density at radius 3 is 2.59 bits per heavy atom. The predicted molar refractivity (Wildman–Crippen MR) is 111 cm³/mol. The summed E-state index contributed by atoms with van der Waals surface area (Å²) in [5.41, 5.74) is 6.73. The van der Waals surface area contributed by atoms with Gasteiger partial charge in [0.2, 0.25) is 5.60 Å². The monoisotopic (exact) mass is 412 g/mol. The number of para-hydroxylation sites is 1. The van der Waals surface area contributed by atoms with Crippen LogP contribution in [-0.4, -0.2) is 32.5 Å². The second kappa shape index (κ2) is 7.18. The molecular weight excluding hydrogens is 392 g/mol. The van der Waals surface area contributed by atoms with Crippen molar-refractivity contribution in [2.75, 3.05) is 17.2 Å². The number of nitrogen functional groups attached to an aromatic ring is 1. The maximum atomic E-state index is 13.6. The first kappa shape index (κ1) is 19.4. The summed E-state index contributed by atoms with van der Waals surface area (Å²) in [6, 6.07) is 14.3. The summed E-state index contributed by atoms with van der Waals surface area (Å²) in [7, 11) is 0. The Morgan fingerprint density at radius 2 is 1.86 bits per heavy atom. The van der Waals surface area contributed by atoms with E-state index >= 15 is 0 Å². The number of benzene rings is 2. The molecule has 7 nitrogen and oxygen atoms in total. The number of aliphatic hydroxyl groups excluding tert-OH is 1. The highest BCUT2D eigenvalue weighted by molar-refractivity contribution is 6.31. The summed E-state index contributed by atoms with van der Waals surface area (Å²) in [5.74, 6) is -0.362. The van der Waals surface area contributed by atoms with Crippen LogP contribution in [0.2, 0.25) is 5.02 Å². The quantitative estimate of drug-likeness (QED) is 0.596. The SMILES string of the molecule is Cc1nn(CCO)c(N)c1[C@]1(O)C(=O)N(Cc2ccccc2Cl)c2ccccc21. The van der Waals surface area contributed by atoms with Crippen molar-refractivity contribution in [3.05, 3.63) is 75.9 Å². The summed E-state index contributed by atoms with van der Waals surface area (Å²) in [6.45, 7) is 1.90. The van der Waals surface area contributed by atoms with Crippen LogP contribution in [0.1, 0.15) is 22.4 Å². The molecule has 2 aromatic carbocycles. The van der Waals surface area contributed by atoms with Gasteiger partial charge in [0.25, 0.3) is 5.91 Å². The van der Waals surface area contributed by atoms with Crippen molar-refractivity contribution in [2.24, 2.45) is 0 Å². The third kappa shape index (κ3) is 2.90. The van der Waals surface area contributed by atoms with Gasteiger partial charge in [-0.1, -0.05) is 48.0 Å². The van der Waals surface area contributed by atoms with Crippen molar-refractivity contribution < 1.29 is 15.0 Å². The van der Waals surface area contributed by atoms with Gasteiger partial charge in [0, 0.05) is 10.6 Å². The number of aliphatic hydroxyl groups is 2. The van der Waals surface area contributed by atoms with Crippen LogP contribution in [0.3, 0.4) is 0 Å². The minimum atomic E-state index is -1.97. The Morgan fingerprint density at radius 1 is 1.17 bits per heavy atom. The molecule has 0 bridgehead atoms. The number of aryl methyl sites for hydroxylation is 1. The van der Waals surface area contributed by atoms with Crippen molar-refractivity contribution in [2.45, 2.75) is 25.6 Å². The number of carbonyl (C=O) groups is 1. The zero-order valence-corrected chi connectivity index (χ0v) is 16.6. The Kier molecular flexibility index (Phi) is 4.82. The number of hydrogen-bond acceptors (Lipinski definition) is 5. The van der Waals surface area contributed by atoms with Crippen LogP contribution in [0.15, 0.2) is 48.5 Å². The molecule has 0 spiro atoms. The topological polar surface area (TPSA) is 105 Å². The fraction of sp³-hybridized carbons (Fsp3) is 0.238. The number of rotatable bonds is 5. The van der Waals surface area contributed by atoms with E-state index in [0.29, 0.717) is 22.0 Å². The summed E-state index contributed by atoms with van der Waals surface area (Å²) in [4.78, 5) is 15.1. The van der Waals surface area contributed by atoms with Gasteiger partial charge in [-0.3, -0.25) is 4.79 Å². The van der Waals surface area contributed by atoms with Gasteiger partial charge in [0.15, 0.2) is 0 Å². The molecule has 0 radical (unpaired) electrons. The molecule has 4 rings (SSSR count). The van der Waals surface area contributed by atoms with E-state index in [2.05, 4.69) is 5.10 Å². The average molecular weight is 413 g/mol. The van der Waals surface area contributed by atoms with Gasteiger partial charge in [0.1, 0.15) is 5.82 Å². The number of anilines is 2. The zero-order valence-electron chi connectivity index (χ0n) is 15.8. The molecule has 3 aromatic rings. The molecule has 1 aliphatic heterocycles. The lowest BCUT2D eigenvalue weighted by Crippen LogP contribution is -2.41. The van der Waals surface area contributed by atoms with Gasteiger partial charge in [-0.05, 0) is 24.6 Å². The van der Waals surface area contributed by atoms with Crippen molar-refractivity contribution in [1.82, 2.24) is 9.78 Å². The lowest BCUT2D eigenvalue weighted by atomic mass is 9.87. The second-order valence-corrected chi connectivity index (χ2v) is 7.41. The molecule has 150 valence electrons. The molecule has 1 aromatic heterocycles. The number of nitrogens with two attached hydrogens (primary N) is 1. The van der Waals surface area contributed by atoms with Gasteiger partial charge < -0.3 is 20.8 Å². The Labute approximate surface area is 172 Å². The van der Waals surface area contributed by atoms with E-state index in [1.807, 2.05) is 24.3 Å². The van der Waals surface area contributed by atoms with Crippen LogP contribution in [0, 0.1) is 6.92 Å². The average Bonchev–Trinajstić information content (AvgIpc) is 3.10. The van der Waals surface area contributed by atoms with Crippen LogP contribution < -0.4 is 10.6 Å². The summed E-state index contributed by atoms with van der Waals surface area (Å²) in [6.07, 6.45) is 0. The largest absolute Gasteiger partial charge is 0.394 e. The fourth-order valence-electron chi connectivity index (χ4n) is 3.94. The number of nitrogens with zero attached hydrogens (tertiary/aromatic N) is 3. The van der Waals surface area contributed by atoms with Crippen molar-refractivity contribution in [1.29, 1.82) is 0 Å². The highest BCUT2D eigenvalue weighted by Gasteiger charge is 2.53. The lowest BCUT2D eigenvalue weighted by molar-refractivity contribution is -0.132. The summed E-state index contributed by atoms with van der Waals surface area (Å²) >= 11 is 6.30. The molecule has 29 heavy (non-hydrogen) atoms. The van der Waals surface area contributed by atoms with Crippen LogP contribution in [0.5, 0.6) is 0 Å². The maximum Gasteiger partial charge on any atom is 0.269 e. The lowest BCUT2D eigenvalue weighted by Gasteiger charge is -2.24. The smallest absolute Gasteiger partial charge is 0.269 e. The van der Waals surface area contributed by atoms with E-state index in [0.717, 1.165) is 5.56 Å². The van der Waals surface area contributed by atoms with E-state index in [4.69, 9.17) is 17.3 Å². The molecule has 0 saturated heterocycles. The van der Waals surface area contributed by atoms with Crippen LogP contribution in [-0.2, 0) is 23.5 Å². The molecule has 0 unspecified atom stereocenters. The summed E-state index contributed by atoms with van der Waals surface area (Å²) < 4.78 is 1.40. The van der Waals surface area contributed by atoms with Crippen molar-refractivity contribution in [3.8, 4) is 0 Å². The molecule has 0 saturated carbocycles. The molecule has 1 aliphatic rings. The molecular formula is C21H21ClN4O3. The predicted octanol–water partition coefficient (Wildman–Crippen LogP) is 2.20. The first-order valence-electron chi connectivity index (χ1n) is 9.21. The van der Waals surface area contributed by atoms with Gasteiger partial charge in [0.05, 0.1) is 36.6 Å². The molecule has 8 heteroatoms. The molecule has 0 fully saturated rings. The summed E-state index contributed by atoms with van der Waals surface area (Å²) in [5, 5.41) is 25.8. The minimum absolute atomic E-state index is 0.154. The number of hydrogen-bond donors (Lipinski definition) is 3. The van der Waals surface area contributed by atoms with Crippen molar-refractivity contribution >= 4 is 29.0 Å². The van der Waals surface area contributed by atoms with Gasteiger partial charge in [-0.25, -0.2) is 4.68 Å². The maximum absolute atomic E-state index is 13.6. The first-order valence-corrected chi connectivity index (χ1v) is 9.58. The number of amides is 1. The van der Waals surface area contributed by atoms with E-state index in [1.54, 1.807) is 31.2 Å². The zero-order chi connectivity index (χ0) is 20.8. The standard InChI is InChI=1S/C21H21ClN4O3/c1-13-18(19(23)26(24-13)10-11-27)21(29)15-7-3-5-9-17(15)25(20(21)28)12-14-6-2-4-8-16(14)22/h2-9,27,29H,10-12,23H2,1H3/t21-/m0/s1. The van der Waals surface area contributed by atoms with Gasteiger partial charge >= 0.3 is 0 Å². The molecule has 1 amide bonds. The first-order chi connectivity index (χ1) is 13.9. The number of halogens is 1. The molecule has 1 atom stereocenters. The Balaban J connectivity index is 1.86. The van der Waals surface area contributed by atoms with E-state index in [9.17, 15) is 15.0 Å². The van der Waals surface area contributed by atoms with Crippen LogP contribution >= 0.6 is 11.6 Å². The number of carbonyl (C=O) groups excluding carboxylic acids is 1. The second-order valence-electron chi connectivity index (χ2n) is 7.00. The minimum Gasteiger partial charge on any atom is -0.394 e. The highest BCUT2D eigenvalue weighted by Crippen LogP contribution is 2.47. The number of fused-ring (bicyclic) bond motifs is 1. The molecule has 0 aliphatic carbocycles. The number of aromatic nitrogens is 2. The Hall–Kier alpha value is -2.87. The molecule has 2 heterocycles. The van der Waals surface area contributed by atoms with Crippen molar-refractivity contribution in [3.63, 3.8) is 0 Å². The van der Waals surface area contributed by atoms with Gasteiger partial charge in [-0.15, -0.1) is 0 Å². The van der Waals surface area contributed by atoms with Crippen LogP contribution in [0.25, 0.3) is 0 Å². The highest BCUT2D eigenvalue weighted by atomic mass is 35.5. The third-order valence-electron chi connectivity index (χ3n) is 5.27. The molecule has 4 N–H and O–H groups in total. The van der Waals surface area contributed by atoms with Gasteiger partial charge in [-0.2, -0.15) is 5.10 Å². The normalized spacial score (nSPS) is 18.3. The van der Waals surface area contributed by atoms with E-state index < -0.39 is 11.5 Å². The third-order valence-corrected chi connectivity index (χ3v) is 5.63. The van der Waals surface area contributed by atoms with E-state index in [1.165, 1.54) is 9.58 Å².